The molecule has 0 saturated heterocycles. The highest BCUT2D eigenvalue weighted by Crippen LogP contribution is 2.41. The van der Waals surface area contributed by atoms with Crippen molar-refractivity contribution in [2.24, 2.45) is 5.73 Å². The molecule has 3 N–H and O–H groups in total. The van der Waals surface area contributed by atoms with E-state index in [0.29, 0.717) is 0 Å². The van der Waals surface area contributed by atoms with Gasteiger partial charge >= 0.3 is 0 Å². The molecule has 0 spiro atoms. The van der Waals surface area contributed by atoms with Crippen molar-refractivity contribution in [3.63, 3.8) is 0 Å². The Morgan fingerprint density at radius 3 is 1.33 bits per heavy atom. The fourth-order valence-corrected chi connectivity index (χ4v) is 9.22. The van der Waals surface area contributed by atoms with Crippen LogP contribution in [-0.4, -0.2) is 4.98 Å². The van der Waals surface area contributed by atoms with E-state index in [2.05, 4.69) is 260 Å². The molecule has 1 aromatic heterocycles. The largest absolute Gasteiger partial charge is 0.354 e. The quantitative estimate of drug-likeness (QED) is 0.144. The molecule has 1 aliphatic heterocycles. The van der Waals surface area contributed by atoms with Gasteiger partial charge in [0.05, 0.1) is 23.1 Å². The summed E-state index contributed by atoms with van der Waals surface area (Å²) in [5.41, 5.74) is 29.0. The van der Waals surface area contributed by atoms with E-state index >= 15 is 0 Å². The Labute approximate surface area is 392 Å². The maximum atomic E-state index is 7.25. The molecule has 0 saturated carbocycles. The molecule has 318 valence electrons. The van der Waals surface area contributed by atoms with E-state index in [1.165, 1.54) is 11.1 Å². The van der Waals surface area contributed by atoms with Gasteiger partial charge in [0.15, 0.2) is 0 Å². The zero-order chi connectivity index (χ0) is 44.9. The minimum absolute atomic E-state index is 0.365. The van der Waals surface area contributed by atoms with Gasteiger partial charge in [-0.2, -0.15) is 0 Å². The molecule has 3 heteroatoms. The number of hydrogen-bond acceptors (Lipinski definition) is 3. The third-order valence-corrected chi connectivity index (χ3v) is 12.7. The number of fused-ring (bicyclic) bond motifs is 1. The van der Waals surface area contributed by atoms with Crippen LogP contribution < -0.4 is 11.1 Å². The van der Waals surface area contributed by atoms with Crippen molar-refractivity contribution in [3.8, 4) is 67.0 Å². The van der Waals surface area contributed by atoms with Crippen LogP contribution >= 0.6 is 0 Å². The molecule has 0 fully saturated rings. The van der Waals surface area contributed by atoms with Crippen molar-refractivity contribution < 1.29 is 0 Å². The number of hydrogen-bond donors (Lipinski definition) is 2. The van der Waals surface area contributed by atoms with E-state index in [1.54, 1.807) is 0 Å². The van der Waals surface area contributed by atoms with Crippen LogP contribution in [0.25, 0.3) is 90.1 Å². The summed E-state index contributed by atoms with van der Waals surface area (Å²) >= 11 is 0. The van der Waals surface area contributed by atoms with Gasteiger partial charge in [0.1, 0.15) is 0 Å². The molecule has 0 aliphatic carbocycles. The molecule has 1 unspecified atom stereocenters. The zero-order valence-electron chi connectivity index (χ0n) is 36.9. The minimum Gasteiger partial charge on any atom is -0.354 e. The van der Waals surface area contributed by atoms with Crippen LogP contribution in [0.3, 0.4) is 0 Å². The summed E-state index contributed by atoms with van der Waals surface area (Å²) < 4.78 is 0. The van der Waals surface area contributed by atoms with Gasteiger partial charge < -0.3 is 11.1 Å². The fourth-order valence-electron chi connectivity index (χ4n) is 9.22. The number of nitrogens with one attached hydrogen (secondary N) is 1. The molecule has 1 aliphatic rings. The van der Waals surface area contributed by atoms with Crippen LogP contribution in [0.2, 0.25) is 0 Å². The third-order valence-electron chi connectivity index (χ3n) is 12.7. The number of nitrogens with zero attached hydrogens (tertiary/aromatic N) is 1. The zero-order valence-corrected chi connectivity index (χ0v) is 36.9. The predicted molar refractivity (Wildman–Crippen MR) is 281 cm³/mol. The van der Waals surface area contributed by atoms with E-state index in [0.717, 1.165) is 101 Å². The lowest BCUT2D eigenvalue weighted by Crippen LogP contribution is -2.22. The SMILES string of the molecule is NC(/C(=C1\NC(c2ccccc2)=Cc2cc(-c3ccc(-c4cc(-c5cccc(-c6ccccc6)c5)nc(-c5cccc(-c6ccccc6)c5)c4)cc3)ccc21)c1ccccc1)c1ccccc1. The van der Waals surface area contributed by atoms with E-state index < -0.39 is 0 Å². The maximum absolute atomic E-state index is 7.25. The minimum atomic E-state index is -0.365. The summed E-state index contributed by atoms with van der Waals surface area (Å²) in [6, 6.07) is 89.7. The van der Waals surface area contributed by atoms with Gasteiger partial charge in [-0.3, -0.25) is 0 Å². The van der Waals surface area contributed by atoms with Gasteiger partial charge in [0.2, 0.25) is 0 Å². The lowest BCUT2D eigenvalue weighted by Gasteiger charge is -2.29. The second-order valence-electron chi connectivity index (χ2n) is 17.0. The molecule has 3 nitrogen and oxygen atoms in total. The molecule has 1 atom stereocenters. The third kappa shape index (κ3) is 8.68. The average molecular weight is 858 g/mol. The fraction of sp³-hybridized carbons (Fsp3) is 0.0156. The second kappa shape index (κ2) is 18.5. The summed E-state index contributed by atoms with van der Waals surface area (Å²) in [4.78, 5) is 5.35. The molecule has 10 aromatic rings. The first-order chi connectivity index (χ1) is 33.1. The number of nitrogens with two attached hydrogens (primary N) is 1. The van der Waals surface area contributed by atoms with Crippen LogP contribution in [0, 0.1) is 0 Å². The summed E-state index contributed by atoms with van der Waals surface area (Å²) in [7, 11) is 0. The predicted octanol–water partition coefficient (Wildman–Crippen LogP) is 15.8. The van der Waals surface area contributed by atoms with E-state index in [1.807, 2.05) is 6.07 Å². The van der Waals surface area contributed by atoms with Crippen LogP contribution in [0.4, 0.5) is 0 Å². The standard InChI is InChI=1S/C64H47N3/c65-63(50-26-14-5-15-27-50)62(49-24-12-4-13-25-49)64-58-37-36-53(40-57(58)43-59(67-64)48-22-10-3-11-23-48)46-32-34-47(35-33-46)56-41-60(54-30-16-28-51(38-54)44-18-6-1-7-19-44)66-61(42-56)55-31-17-29-52(39-55)45-20-8-2-9-21-45/h1-43,63,67H,65H2/b64-62-. The Morgan fingerprint density at radius 1 is 0.358 bits per heavy atom. The van der Waals surface area contributed by atoms with Crippen molar-refractivity contribution in [2.45, 2.75) is 6.04 Å². The number of pyridine rings is 1. The Bertz CT molecular complexity index is 3290. The Balaban J connectivity index is 1.00. The first kappa shape index (κ1) is 41.1. The van der Waals surface area contributed by atoms with Gasteiger partial charge in [0.25, 0.3) is 0 Å². The molecule has 11 rings (SSSR count). The van der Waals surface area contributed by atoms with Crippen molar-refractivity contribution in [2.75, 3.05) is 0 Å². The van der Waals surface area contributed by atoms with Gasteiger partial charge in [-0.15, -0.1) is 0 Å². The first-order valence-corrected chi connectivity index (χ1v) is 22.8. The van der Waals surface area contributed by atoms with E-state index in [4.69, 9.17) is 10.7 Å². The summed E-state index contributed by atoms with van der Waals surface area (Å²) in [6.45, 7) is 0. The molecular weight excluding hydrogens is 811 g/mol. The monoisotopic (exact) mass is 857 g/mol. The Kier molecular flexibility index (Phi) is 11.3. The summed E-state index contributed by atoms with van der Waals surface area (Å²) in [6.07, 6.45) is 2.27. The van der Waals surface area contributed by atoms with E-state index in [-0.39, 0.29) is 6.04 Å². The van der Waals surface area contributed by atoms with Gasteiger partial charge in [0, 0.05) is 28.0 Å². The normalized spacial score (nSPS) is 13.2. The summed E-state index contributed by atoms with van der Waals surface area (Å²) in [5.74, 6) is 0. The van der Waals surface area contributed by atoms with Crippen molar-refractivity contribution in [1.29, 1.82) is 0 Å². The highest BCUT2D eigenvalue weighted by molar-refractivity contribution is 6.03. The van der Waals surface area contributed by atoms with Crippen molar-refractivity contribution in [3.05, 3.63) is 283 Å². The average Bonchev–Trinajstić information content (AvgIpc) is 3.42. The molecule has 0 amide bonds. The lowest BCUT2D eigenvalue weighted by molar-refractivity contribution is 0.928. The van der Waals surface area contributed by atoms with Crippen LogP contribution in [0.5, 0.6) is 0 Å². The second-order valence-corrected chi connectivity index (χ2v) is 17.0. The highest BCUT2D eigenvalue weighted by atomic mass is 14.9. The highest BCUT2D eigenvalue weighted by Gasteiger charge is 2.25. The maximum Gasteiger partial charge on any atom is 0.0715 e. The molecule has 2 heterocycles. The van der Waals surface area contributed by atoms with Crippen LogP contribution in [0.15, 0.2) is 255 Å². The first-order valence-electron chi connectivity index (χ1n) is 22.8. The van der Waals surface area contributed by atoms with Gasteiger partial charge in [-0.1, -0.05) is 224 Å². The molecule has 9 aromatic carbocycles. The van der Waals surface area contributed by atoms with Crippen molar-refractivity contribution in [1.82, 2.24) is 10.3 Å². The van der Waals surface area contributed by atoms with E-state index in [9.17, 15) is 0 Å². The number of rotatable bonds is 10. The Hall–Kier alpha value is -8.63. The topological polar surface area (TPSA) is 50.9 Å². The smallest absolute Gasteiger partial charge is 0.0715 e. The molecule has 0 bridgehead atoms. The Morgan fingerprint density at radius 2 is 0.776 bits per heavy atom. The lowest BCUT2D eigenvalue weighted by atomic mass is 9.85. The van der Waals surface area contributed by atoms with Crippen LogP contribution in [0.1, 0.15) is 33.9 Å². The molecular formula is C64H47N3. The summed E-state index contributed by atoms with van der Waals surface area (Å²) in [5, 5.41) is 3.87. The van der Waals surface area contributed by atoms with Gasteiger partial charge in [-0.25, -0.2) is 4.98 Å². The van der Waals surface area contributed by atoms with Crippen LogP contribution in [-0.2, 0) is 0 Å². The van der Waals surface area contributed by atoms with Crippen molar-refractivity contribution >= 4 is 23.0 Å². The number of aromatic nitrogens is 1. The molecule has 0 radical (unpaired) electrons. The molecule has 67 heavy (non-hydrogen) atoms. The number of benzene rings is 9. The van der Waals surface area contributed by atoms with Gasteiger partial charge in [-0.05, 0) is 103 Å².